The number of ketones is 1. The molecule has 0 aliphatic carbocycles. The topological polar surface area (TPSA) is 37.3 Å². The smallest absolute Gasteiger partial charge is 0.159 e. The van der Waals surface area contributed by atoms with Crippen LogP contribution in [0.3, 0.4) is 0 Å². The Morgan fingerprint density at radius 2 is 1.77 bits per heavy atom. The zero-order valence-corrected chi connectivity index (χ0v) is 10.1. The van der Waals surface area contributed by atoms with Gasteiger partial charge >= 0.3 is 0 Å². The molecule has 0 radical (unpaired) electrons. The van der Waals surface area contributed by atoms with Crippen LogP contribution in [0, 0.1) is 0 Å². The standard InChI is InChI=1S/C10H18O2Si/c1-8(7-11)6-10(9(2)12)13(3,4)5/h11H,7H2,1-5H3. The Bertz CT molecular complexity index is 265. The fourth-order valence-corrected chi connectivity index (χ4v) is 2.70. The molecular formula is C10H18O2Si. The molecule has 0 amide bonds. The van der Waals surface area contributed by atoms with Gasteiger partial charge in [0.05, 0.1) is 14.7 Å². The molecule has 0 bridgehead atoms. The van der Waals surface area contributed by atoms with E-state index in [1.165, 1.54) is 0 Å². The summed E-state index contributed by atoms with van der Waals surface area (Å²) in [4.78, 5) is 11.3. The summed E-state index contributed by atoms with van der Waals surface area (Å²) in [6.07, 6.45) is 0. The Morgan fingerprint density at radius 3 is 2.00 bits per heavy atom. The van der Waals surface area contributed by atoms with Crippen molar-refractivity contribution < 1.29 is 9.90 Å². The summed E-state index contributed by atoms with van der Waals surface area (Å²) < 4.78 is 0. The number of aliphatic hydroxyl groups is 1. The van der Waals surface area contributed by atoms with Gasteiger partial charge in [-0.1, -0.05) is 19.6 Å². The van der Waals surface area contributed by atoms with E-state index in [4.69, 9.17) is 5.11 Å². The van der Waals surface area contributed by atoms with Crippen molar-refractivity contribution in [2.24, 2.45) is 0 Å². The predicted octanol–water partition coefficient (Wildman–Crippen LogP) is 1.92. The summed E-state index contributed by atoms with van der Waals surface area (Å²) in [5.74, 6) is 0.0759. The van der Waals surface area contributed by atoms with Crippen LogP contribution in [-0.4, -0.2) is 25.6 Å². The van der Waals surface area contributed by atoms with E-state index in [9.17, 15) is 4.79 Å². The minimum Gasteiger partial charge on any atom is -0.391 e. The molecule has 0 saturated heterocycles. The summed E-state index contributed by atoms with van der Waals surface area (Å²) >= 11 is 0. The van der Waals surface area contributed by atoms with Gasteiger partial charge in [-0.05, 0) is 19.4 Å². The SMILES string of the molecule is CC(=O)C(=C=C(C)CO)[Si](C)(C)C. The molecule has 74 valence electrons. The van der Waals surface area contributed by atoms with Crippen LogP contribution in [0.1, 0.15) is 13.8 Å². The molecule has 3 heteroatoms. The lowest BCUT2D eigenvalue weighted by Crippen LogP contribution is -2.27. The summed E-state index contributed by atoms with van der Waals surface area (Å²) in [7, 11) is -1.60. The second kappa shape index (κ2) is 4.56. The van der Waals surface area contributed by atoms with Gasteiger partial charge in [0.1, 0.15) is 0 Å². The van der Waals surface area contributed by atoms with Gasteiger partial charge in [0.2, 0.25) is 0 Å². The third-order valence-electron chi connectivity index (χ3n) is 1.68. The van der Waals surface area contributed by atoms with E-state index in [2.05, 4.69) is 25.4 Å². The van der Waals surface area contributed by atoms with Crippen LogP contribution in [0.15, 0.2) is 16.5 Å². The molecule has 0 unspecified atom stereocenters. The van der Waals surface area contributed by atoms with E-state index < -0.39 is 8.07 Å². The highest BCUT2D eigenvalue weighted by atomic mass is 28.3. The van der Waals surface area contributed by atoms with Crippen LogP contribution in [0.4, 0.5) is 0 Å². The number of hydrogen-bond donors (Lipinski definition) is 1. The fourth-order valence-electron chi connectivity index (χ4n) is 1.06. The van der Waals surface area contributed by atoms with Gasteiger partial charge in [0.25, 0.3) is 0 Å². The van der Waals surface area contributed by atoms with Gasteiger partial charge in [-0.25, -0.2) is 0 Å². The first kappa shape index (κ1) is 12.4. The van der Waals surface area contributed by atoms with E-state index in [0.29, 0.717) is 0 Å². The van der Waals surface area contributed by atoms with E-state index in [0.717, 1.165) is 10.8 Å². The van der Waals surface area contributed by atoms with Crippen molar-refractivity contribution in [1.29, 1.82) is 0 Å². The molecule has 0 aromatic carbocycles. The molecule has 0 fully saturated rings. The number of aliphatic hydroxyl groups excluding tert-OH is 1. The van der Waals surface area contributed by atoms with E-state index in [1.54, 1.807) is 13.8 Å². The molecular weight excluding hydrogens is 180 g/mol. The first-order valence-electron chi connectivity index (χ1n) is 4.37. The summed E-state index contributed by atoms with van der Waals surface area (Å²) in [6.45, 7) is 9.61. The van der Waals surface area contributed by atoms with Crippen molar-refractivity contribution in [3.05, 3.63) is 16.5 Å². The Kier molecular flexibility index (Phi) is 4.34. The first-order valence-corrected chi connectivity index (χ1v) is 7.87. The van der Waals surface area contributed by atoms with Gasteiger partial charge < -0.3 is 5.11 Å². The molecule has 0 spiro atoms. The van der Waals surface area contributed by atoms with Crippen LogP contribution in [-0.2, 0) is 4.79 Å². The van der Waals surface area contributed by atoms with Crippen molar-refractivity contribution in [2.75, 3.05) is 6.61 Å². The predicted molar refractivity (Wildman–Crippen MR) is 57.3 cm³/mol. The number of hydrogen-bond acceptors (Lipinski definition) is 2. The summed E-state index contributed by atoms with van der Waals surface area (Å²) in [5.41, 5.74) is 3.73. The second-order valence-electron chi connectivity index (χ2n) is 4.24. The van der Waals surface area contributed by atoms with E-state index in [-0.39, 0.29) is 12.4 Å². The van der Waals surface area contributed by atoms with Crippen LogP contribution in [0.25, 0.3) is 0 Å². The van der Waals surface area contributed by atoms with Crippen molar-refractivity contribution >= 4 is 13.9 Å². The summed E-state index contributed by atoms with van der Waals surface area (Å²) in [5, 5.41) is 9.60. The maximum absolute atomic E-state index is 11.3. The average molecular weight is 198 g/mol. The van der Waals surface area contributed by atoms with Gasteiger partial charge in [0, 0.05) is 5.20 Å². The largest absolute Gasteiger partial charge is 0.391 e. The van der Waals surface area contributed by atoms with E-state index >= 15 is 0 Å². The zero-order valence-electron chi connectivity index (χ0n) is 9.06. The maximum Gasteiger partial charge on any atom is 0.159 e. The Balaban J connectivity index is 5.30. The third kappa shape index (κ3) is 4.22. The molecule has 0 saturated carbocycles. The first-order chi connectivity index (χ1) is 5.79. The van der Waals surface area contributed by atoms with Crippen molar-refractivity contribution in [3.63, 3.8) is 0 Å². The lowest BCUT2D eigenvalue weighted by atomic mass is 10.3. The zero-order chi connectivity index (χ0) is 10.6. The van der Waals surface area contributed by atoms with Crippen LogP contribution >= 0.6 is 0 Å². The Morgan fingerprint density at radius 1 is 1.31 bits per heavy atom. The highest BCUT2D eigenvalue weighted by Crippen LogP contribution is 2.14. The van der Waals surface area contributed by atoms with Crippen LogP contribution in [0.5, 0.6) is 0 Å². The highest BCUT2D eigenvalue weighted by molar-refractivity contribution is 6.87. The quantitative estimate of drug-likeness (QED) is 0.427. The van der Waals surface area contributed by atoms with Crippen LogP contribution < -0.4 is 0 Å². The molecule has 0 aromatic heterocycles. The second-order valence-corrected chi connectivity index (χ2v) is 9.24. The van der Waals surface area contributed by atoms with Gasteiger partial charge in [-0.3, -0.25) is 4.79 Å². The van der Waals surface area contributed by atoms with Gasteiger partial charge in [0.15, 0.2) is 5.78 Å². The average Bonchev–Trinajstić information content (AvgIpc) is 1.96. The third-order valence-corrected chi connectivity index (χ3v) is 3.65. The van der Waals surface area contributed by atoms with Crippen molar-refractivity contribution in [3.8, 4) is 0 Å². The normalized spacial score (nSPS) is 10.6. The highest BCUT2D eigenvalue weighted by Gasteiger charge is 2.22. The number of rotatable bonds is 3. The molecule has 1 N–H and O–H groups in total. The van der Waals surface area contributed by atoms with Gasteiger partial charge in [-0.2, -0.15) is 0 Å². The maximum atomic E-state index is 11.3. The lowest BCUT2D eigenvalue weighted by molar-refractivity contribution is -0.113. The van der Waals surface area contributed by atoms with Crippen LogP contribution in [0.2, 0.25) is 19.6 Å². The molecule has 0 aliphatic heterocycles. The number of Topliss-reactive ketones (excluding diaryl/α,β-unsaturated/α-hetero) is 1. The molecule has 0 aromatic rings. The Hall–Kier alpha value is -0.633. The summed E-state index contributed by atoms with van der Waals surface area (Å²) in [6, 6.07) is 0. The minimum absolute atomic E-state index is 0.0265. The van der Waals surface area contributed by atoms with Crippen molar-refractivity contribution in [1.82, 2.24) is 0 Å². The van der Waals surface area contributed by atoms with Gasteiger partial charge in [-0.15, -0.1) is 5.73 Å². The minimum atomic E-state index is -1.60. The van der Waals surface area contributed by atoms with E-state index in [1.807, 2.05) is 0 Å². The molecule has 0 rings (SSSR count). The fraction of sp³-hybridized carbons (Fsp3) is 0.600. The number of carbonyl (C=O) groups is 1. The molecule has 0 heterocycles. The number of carbonyl (C=O) groups excluding carboxylic acids is 1. The molecule has 2 nitrogen and oxygen atoms in total. The molecule has 0 aliphatic rings. The molecule has 0 atom stereocenters. The molecule has 13 heavy (non-hydrogen) atoms. The lowest BCUT2D eigenvalue weighted by Gasteiger charge is -2.15. The monoisotopic (exact) mass is 198 g/mol. The van der Waals surface area contributed by atoms with Crippen molar-refractivity contribution in [2.45, 2.75) is 33.5 Å². The Labute approximate surface area is 81.0 Å².